The molecule has 4 rings (SSSR count). The molecule has 1 amide bonds. The lowest BCUT2D eigenvalue weighted by molar-refractivity contribution is -0.188. The first kappa shape index (κ1) is 12.2. The van der Waals surface area contributed by atoms with Crippen molar-refractivity contribution >= 4 is 26.5 Å². The number of carbonyl (C=O) groups excluding carboxylic acids is 1. The van der Waals surface area contributed by atoms with E-state index in [0.29, 0.717) is 5.41 Å². The Bertz CT molecular complexity index is 300. The summed E-state index contributed by atoms with van der Waals surface area (Å²) >= 11 is 1.87. The van der Waals surface area contributed by atoms with Crippen LogP contribution < -0.4 is 5.32 Å². The maximum Gasteiger partial charge on any atom is 0.281 e. The highest BCUT2D eigenvalue weighted by molar-refractivity contribution is 14.1. The van der Waals surface area contributed by atoms with Gasteiger partial charge in [-0.2, -0.15) is 0 Å². The second kappa shape index (κ2) is 4.39. The van der Waals surface area contributed by atoms with Crippen LogP contribution in [0.25, 0.3) is 0 Å². The molecule has 4 aliphatic carbocycles. The van der Waals surface area contributed by atoms with Crippen LogP contribution in [-0.2, 0) is 0 Å². The summed E-state index contributed by atoms with van der Waals surface area (Å²) in [5.74, 6) is 0.968. The van der Waals surface area contributed by atoms with Gasteiger partial charge in [0.1, 0.15) is 0 Å². The van der Waals surface area contributed by atoms with E-state index in [4.69, 9.17) is 0 Å². The summed E-state index contributed by atoms with van der Waals surface area (Å²) in [5, 5.41) is 3.16. The van der Waals surface area contributed by atoms with Crippen molar-refractivity contribution in [1.82, 2.24) is 5.32 Å². The van der Waals surface area contributed by atoms with Crippen molar-refractivity contribution < 1.29 is 4.79 Å². The molecule has 0 atom stereocenters. The molecule has 0 heterocycles. The molecule has 3 heteroatoms. The Balaban J connectivity index is 1.55. The lowest BCUT2D eigenvalue weighted by Crippen LogP contribution is -2.76. The second-order valence-corrected chi connectivity index (χ2v) is 7.59. The number of halogens is 1. The SMILES string of the molecule is O=C(I)NC12CC(C3CCCCCCC3)(C1)C2. The minimum absolute atomic E-state index is 0.133. The van der Waals surface area contributed by atoms with Gasteiger partial charge in [0.15, 0.2) is 0 Å². The van der Waals surface area contributed by atoms with Crippen LogP contribution in [0, 0.1) is 11.3 Å². The van der Waals surface area contributed by atoms with Crippen LogP contribution in [0.3, 0.4) is 0 Å². The monoisotopic (exact) mass is 347 g/mol. The van der Waals surface area contributed by atoms with Crippen LogP contribution in [0.15, 0.2) is 0 Å². The van der Waals surface area contributed by atoms with E-state index in [1.807, 2.05) is 22.6 Å². The fraction of sp³-hybridized carbons (Fsp3) is 0.929. The summed E-state index contributed by atoms with van der Waals surface area (Å²) in [7, 11) is 0. The van der Waals surface area contributed by atoms with E-state index in [-0.39, 0.29) is 9.45 Å². The van der Waals surface area contributed by atoms with Crippen molar-refractivity contribution in [2.24, 2.45) is 11.3 Å². The third-order valence-corrected chi connectivity index (χ3v) is 5.68. The molecule has 4 fully saturated rings. The van der Waals surface area contributed by atoms with Gasteiger partial charge in [0.25, 0.3) is 3.91 Å². The van der Waals surface area contributed by atoms with Crippen LogP contribution in [-0.4, -0.2) is 9.45 Å². The van der Waals surface area contributed by atoms with Gasteiger partial charge in [-0.25, -0.2) is 0 Å². The zero-order valence-electron chi connectivity index (χ0n) is 10.4. The van der Waals surface area contributed by atoms with Crippen molar-refractivity contribution in [3.63, 3.8) is 0 Å². The zero-order chi connectivity index (χ0) is 11.9. The number of amides is 1. The van der Waals surface area contributed by atoms with Crippen LogP contribution in [0.5, 0.6) is 0 Å². The molecule has 0 aliphatic heterocycles. The van der Waals surface area contributed by atoms with Crippen molar-refractivity contribution in [3.05, 3.63) is 0 Å². The fourth-order valence-corrected chi connectivity index (χ4v) is 5.28. The zero-order valence-corrected chi connectivity index (χ0v) is 12.6. The first-order chi connectivity index (χ1) is 8.14. The minimum Gasteiger partial charge on any atom is -0.342 e. The van der Waals surface area contributed by atoms with Gasteiger partial charge in [-0.1, -0.05) is 32.1 Å². The Morgan fingerprint density at radius 1 is 1.00 bits per heavy atom. The van der Waals surface area contributed by atoms with Crippen LogP contribution in [0.4, 0.5) is 4.79 Å². The van der Waals surface area contributed by atoms with E-state index in [1.165, 1.54) is 64.2 Å². The molecule has 1 N–H and O–H groups in total. The fourth-order valence-electron chi connectivity index (χ4n) is 4.71. The third kappa shape index (κ3) is 2.13. The molecule has 0 aromatic carbocycles. The molecule has 0 aromatic rings. The maximum absolute atomic E-state index is 11.1. The van der Waals surface area contributed by atoms with E-state index in [9.17, 15) is 4.79 Å². The molecule has 0 radical (unpaired) electrons. The summed E-state index contributed by atoms with van der Waals surface area (Å²) in [6, 6.07) is 0. The molecule has 2 nitrogen and oxygen atoms in total. The van der Waals surface area contributed by atoms with Crippen molar-refractivity contribution in [2.75, 3.05) is 0 Å². The quantitative estimate of drug-likeness (QED) is 0.447. The summed E-state index contributed by atoms with van der Waals surface area (Å²) in [5.41, 5.74) is 0.886. The van der Waals surface area contributed by atoms with E-state index >= 15 is 0 Å². The topological polar surface area (TPSA) is 29.1 Å². The molecule has 0 saturated heterocycles. The van der Waals surface area contributed by atoms with E-state index in [0.717, 1.165) is 5.92 Å². The average Bonchev–Trinajstić information content (AvgIpc) is 2.09. The van der Waals surface area contributed by atoms with Gasteiger partial charge in [-0.15, -0.1) is 0 Å². The van der Waals surface area contributed by atoms with Gasteiger partial charge < -0.3 is 5.32 Å². The Labute approximate surface area is 117 Å². The first-order valence-electron chi connectivity index (χ1n) is 7.12. The Morgan fingerprint density at radius 3 is 2.06 bits per heavy atom. The Hall–Kier alpha value is 0.200. The molecule has 0 unspecified atom stereocenters. The standard InChI is InChI=1S/C14H22INO/c15-12(17)16-14-8-13(9-14,10-14)11-6-4-2-1-3-5-7-11/h11H,1-10H2,(H,16,17). The molecular weight excluding hydrogens is 325 g/mol. The van der Waals surface area contributed by atoms with Crippen LogP contribution >= 0.6 is 22.6 Å². The predicted octanol–water partition coefficient (Wildman–Crippen LogP) is 4.41. The minimum atomic E-state index is 0.133. The number of rotatable bonds is 2. The third-order valence-electron chi connectivity index (χ3n) is 5.41. The van der Waals surface area contributed by atoms with Crippen molar-refractivity contribution in [1.29, 1.82) is 0 Å². The highest BCUT2D eigenvalue weighted by atomic mass is 127. The smallest absolute Gasteiger partial charge is 0.281 e. The number of carbonyl (C=O) groups is 1. The molecule has 4 aliphatic rings. The highest BCUT2D eigenvalue weighted by Gasteiger charge is 2.70. The Morgan fingerprint density at radius 2 is 1.53 bits per heavy atom. The van der Waals surface area contributed by atoms with Gasteiger partial charge in [-0.3, -0.25) is 4.79 Å². The van der Waals surface area contributed by atoms with Crippen molar-refractivity contribution in [3.8, 4) is 0 Å². The van der Waals surface area contributed by atoms with E-state index < -0.39 is 0 Å². The molecule has 2 bridgehead atoms. The largest absolute Gasteiger partial charge is 0.342 e. The van der Waals surface area contributed by atoms with E-state index in [1.54, 1.807) is 0 Å². The van der Waals surface area contributed by atoms with Gasteiger partial charge >= 0.3 is 0 Å². The lowest BCUT2D eigenvalue weighted by Gasteiger charge is -2.73. The Kier molecular flexibility index (Phi) is 3.16. The highest BCUT2D eigenvalue weighted by Crippen LogP contribution is 2.72. The summed E-state index contributed by atoms with van der Waals surface area (Å²) in [6.45, 7) is 0. The second-order valence-electron chi connectivity index (χ2n) is 6.61. The lowest BCUT2D eigenvalue weighted by atomic mass is 9.35. The van der Waals surface area contributed by atoms with Gasteiger partial charge in [0.2, 0.25) is 0 Å². The molecule has 0 spiro atoms. The maximum atomic E-state index is 11.1. The summed E-state index contributed by atoms with van der Waals surface area (Å²) in [6.07, 6.45) is 14.0. The van der Waals surface area contributed by atoms with Crippen LogP contribution in [0.1, 0.15) is 64.2 Å². The molecular formula is C14H22INO. The number of hydrogen-bond acceptors (Lipinski definition) is 1. The predicted molar refractivity (Wildman–Crippen MR) is 77.4 cm³/mol. The van der Waals surface area contributed by atoms with E-state index in [2.05, 4.69) is 5.32 Å². The molecule has 4 saturated carbocycles. The number of nitrogens with one attached hydrogen (secondary N) is 1. The first-order valence-corrected chi connectivity index (χ1v) is 8.20. The normalized spacial score (nSPS) is 41.7. The molecule has 96 valence electrons. The van der Waals surface area contributed by atoms with Crippen molar-refractivity contribution in [2.45, 2.75) is 69.7 Å². The van der Waals surface area contributed by atoms with Crippen LogP contribution in [0.2, 0.25) is 0 Å². The van der Waals surface area contributed by atoms with Gasteiger partial charge in [0.05, 0.1) is 0 Å². The molecule has 0 aromatic heterocycles. The number of hydrogen-bond donors (Lipinski definition) is 1. The average molecular weight is 347 g/mol. The summed E-state index contributed by atoms with van der Waals surface area (Å²) in [4.78, 5) is 11.1. The molecule has 17 heavy (non-hydrogen) atoms. The van der Waals surface area contributed by atoms with Gasteiger partial charge in [0, 0.05) is 28.1 Å². The summed E-state index contributed by atoms with van der Waals surface area (Å²) < 4.78 is 0.133. The van der Waals surface area contributed by atoms with Gasteiger partial charge in [-0.05, 0) is 43.4 Å².